The fourth-order valence-electron chi connectivity index (χ4n) is 5.67. The van der Waals surface area contributed by atoms with Crippen molar-refractivity contribution < 1.29 is 28.2 Å². The first-order valence-corrected chi connectivity index (χ1v) is 12.8. The fraction of sp³-hybridized carbons (Fsp3) is 0.444. The molecule has 12 heteroatoms. The number of alkyl carbamates (subject to hydrolysis) is 1. The lowest BCUT2D eigenvalue weighted by atomic mass is 9.95. The van der Waals surface area contributed by atoms with E-state index in [1.165, 1.54) is 11.0 Å². The first-order valence-electron chi connectivity index (χ1n) is 12.8. The summed E-state index contributed by atoms with van der Waals surface area (Å²) < 4.78 is 32.3. The number of ether oxygens (including phenoxy) is 3. The number of rotatable bonds is 6. The number of benzene rings is 1. The van der Waals surface area contributed by atoms with Gasteiger partial charge in [-0.1, -0.05) is 11.3 Å². The Kier molecular flexibility index (Phi) is 6.01. The van der Waals surface area contributed by atoms with E-state index in [0.717, 1.165) is 5.69 Å². The van der Waals surface area contributed by atoms with Crippen LogP contribution in [-0.4, -0.2) is 64.0 Å². The zero-order valence-electron chi connectivity index (χ0n) is 21.8. The number of aromatic nitrogens is 4. The molecule has 2 amide bonds. The minimum absolute atomic E-state index is 0.00220. The smallest absolute Gasteiger partial charge is 0.414 e. The molecule has 0 spiro atoms. The van der Waals surface area contributed by atoms with E-state index in [1.807, 2.05) is 0 Å². The van der Waals surface area contributed by atoms with E-state index in [0.29, 0.717) is 42.1 Å². The van der Waals surface area contributed by atoms with Crippen molar-refractivity contribution >= 4 is 17.9 Å². The normalized spacial score (nSPS) is 25.8. The number of anilines is 1. The number of amides is 2. The Hall–Kier alpha value is -4.06. The van der Waals surface area contributed by atoms with E-state index >= 15 is 4.39 Å². The summed E-state index contributed by atoms with van der Waals surface area (Å²) in [7, 11) is 0. The Bertz CT molecular complexity index is 1400. The number of carbonyl (C=O) groups excluding carboxylic acids is 2. The number of halogens is 1. The highest BCUT2D eigenvalue weighted by Crippen LogP contribution is 2.62. The zero-order chi connectivity index (χ0) is 27.4. The third kappa shape index (κ3) is 4.58. The predicted molar refractivity (Wildman–Crippen MR) is 136 cm³/mol. The number of H-pyrrole nitrogens is 1. The van der Waals surface area contributed by atoms with Gasteiger partial charge in [0, 0.05) is 35.6 Å². The van der Waals surface area contributed by atoms with Gasteiger partial charge in [0.25, 0.3) is 0 Å². The molecule has 11 nitrogen and oxygen atoms in total. The van der Waals surface area contributed by atoms with Crippen molar-refractivity contribution in [2.75, 3.05) is 24.7 Å². The van der Waals surface area contributed by atoms with Crippen LogP contribution in [0.15, 0.2) is 42.7 Å². The topological polar surface area (TPSA) is 132 Å². The summed E-state index contributed by atoms with van der Waals surface area (Å²) in [6, 6.07) is 8.14. The zero-order valence-corrected chi connectivity index (χ0v) is 21.8. The Balaban J connectivity index is 1.28. The van der Waals surface area contributed by atoms with Crippen LogP contribution in [-0.2, 0) is 26.2 Å². The third-order valence-electron chi connectivity index (χ3n) is 7.39. The van der Waals surface area contributed by atoms with Gasteiger partial charge in [-0.25, -0.2) is 14.0 Å². The molecular weight excluding hydrogens is 507 g/mol. The van der Waals surface area contributed by atoms with Crippen LogP contribution < -0.4 is 10.2 Å². The lowest BCUT2D eigenvalue weighted by Crippen LogP contribution is -2.43. The second-order valence-corrected chi connectivity index (χ2v) is 11.1. The molecule has 0 bridgehead atoms. The Morgan fingerprint density at radius 3 is 2.74 bits per heavy atom. The molecule has 2 unspecified atom stereocenters. The molecule has 2 N–H and O–H groups in total. The lowest BCUT2D eigenvalue weighted by molar-refractivity contribution is 0.0448. The number of hydrogen-bond acceptors (Lipinski definition) is 8. The molecule has 3 atom stereocenters. The lowest BCUT2D eigenvalue weighted by Gasteiger charge is -2.27. The van der Waals surface area contributed by atoms with E-state index < -0.39 is 35.2 Å². The molecule has 204 valence electrons. The summed E-state index contributed by atoms with van der Waals surface area (Å²) in [5.41, 5.74) is 1.06. The number of aromatic amines is 1. The number of cyclic esters (lactones) is 1. The summed E-state index contributed by atoms with van der Waals surface area (Å²) in [6.07, 6.45) is 2.11. The van der Waals surface area contributed by atoms with Crippen LogP contribution in [0.4, 0.5) is 19.7 Å². The number of carbonyl (C=O) groups is 2. The second-order valence-electron chi connectivity index (χ2n) is 11.1. The van der Waals surface area contributed by atoms with Gasteiger partial charge in [0.2, 0.25) is 0 Å². The molecule has 0 radical (unpaired) electrons. The van der Waals surface area contributed by atoms with Crippen LogP contribution in [0.25, 0.3) is 11.1 Å². The summed E-state index contributed by atoms with van der Waals surface area (Å²) >= 11 is 0. The van der Waals surface area contributed by atoms with Crippen molar-refractivity contribution in [3.8, 4) is 11.1 Å². The number of pyridine rings is 1. The van der Waals surface area contributed by atoms with Gasteiger partial charge >= 0.3 is 12.2 Å². The van der Waals surface area contributed by atoms with Crippen LogP contribution in [0.5, 0.6) is 0 Å². The maximum absolute atomic E-state index is 15.7. The first-order chi connectivity index (χ1) is 18.7. The highest BCUT2D eigenvalue weighted by molar-refractivity contribution is 5.90. The van der Waals surface area contributed by atoms with Crippen molar-refractivity contribution in [2.24, 2.45) is 11.8 Å². The minimum atomic E-state index is -0.824. The van der Waals surface area contributed by atoms with Gasteiger partial charge in [-0.3, -0.25) is 15.0 Å². The molecule has 2 aromatic heterocycles. The molecule has 2 aliphatic heterocycles. The van der Waals surface area contributed by atoms with Gasteiger partial charge in [0.15, 0.2) is 0 Å². The van der Waals surface area contributed by atoms with Crippen LogP contribution in [0.2, 0.25) is 0 Å². The summed E-state index contributed by atoms with van der Waals surface area (Å²) in [5, 5.41) is 13.2. The average molecular weight is 537 g/mol. The molecule has 3 aromatic rings. The number of hydrogen-bond donors (Lipinski definition) is 2. The van der Waals surface area contributed by atoms with E-state index in [-0.39, 0.29) is 18.4 Å². The highest BCUT2D eigenvalue weighted by Gasteiger charge is 2.71. The molecule has 4 heterocycles. The number of nitrogens with one attached hydrogen (secondary N) is 2. The Morgan fingerprint density at radius 1 is 1.26 bits per heavy atom. The molecule has 2 saturated heterocycles. The molecule has 6 rings (SSSR count). The maximum Gasteiger partial charge on any atom is 0.414 e. The van der Waals surface area contributed by atoms with Crippen molar-refractivity contribution in [3.05, 3.63) is 59.9 Å². The molecule has 3 fully saturated rings. The van der Waals surface area contributed by atoms with Crippen molar-refractivity contribution in [1.82, 2.24) is 25.7 Å². The molecule has 1 saturated carbocycles. The quantitative estimate of drug-likeness (QED) is 0.489. The monoisotopic (exact) mass is 536 g/mol. The van der Waals surface area contributed by atoms with Gasteiger partial charge < -0.3 is 19.5 Å². The van der Waals surface area contributed by atoms with Crippen molar-refractivity contribution in [2.45, 2.75) is 44.4 Å². The average Bonchev–Trinajstić information content (AvgIpc) is 3.42. The van der Waals surface area contributed by atoms with E-state index in [2.05, 4.69) is 25.7 Å². The fourth-order valence-corrected chi connectivity index (χ4v) is 5.67. The van der Waals surface area contributed by atoms with Gasteiger partial charge in [-0.2, -0.15) is 0 Å². The Labute approximate surface area is 224 Å². The minimum Gasteiger partial charge on any atom is -0.444 e. The summed E-state index contributed by atoms with van der Waals surface area (Å²) in [5.74, 6) is -0.519. The molecule has 1 aliphatic carbocycles. The maximum atomic E-state index is 15.7. The first kappa shape index (κ1) is 25.2. The molecular formula is C27H29FN6O5. The SMILES string of the molecule is CC(C)(C)OC(=O)NC1(c2ncccc2-c2ccc(N3C[C@@H](Cc4cnn[nH]4)OC3=O)cc2F)C2COCC21. The van der Waals surface area contributed by atoms with Gasteiger partial charge in [-0.15, -0.1) is 5.10 Å². The van der Waals surface area contributed by atoms with Gasteiger partial charge in [-0.05, 0) is 45.0 Å². The standard InChI is InChI=1S/C27H29FN6O5/c1-26(2,3)39-24(35)31-27(20-13-37-14-21(20)27)23-19(5-4-8-29-23)18-7-6-16(10-22(18)28)34-12-17(38-25(34)36)9-15-11-30-33-32-15/h4-8,10-11,17,20-21H,9,12-14H2,1-3H3,(H,31,35)(H,30,32,33)/t17-,20?,21?,27?/m1/s1. The van der Waals surface area contributed by atoms with Crippen LogP contribution in [0.1, 0.15) is 32.2 Å². The third-order valence-corrected chi connectivity index (χ3v) is 7.39. The van der Waals surface area contributed by atoms with Crippen LogP contribution in [0, 0.1) is 17.7 Å². The number of nitrogens with zero attached hydrogens (tertiary/aromatic N) is 4. The largest absolute Gasteiger partial charge is 0.444 e. The predicted octanol–water partition coefficient (Wildman–Crippen LogP) is 3.57. The van der Waals surface area contributed by atoms with Gasteiger partial charge in [0.05, 0.1) is 48.6 Å². The van der Waals surface area contributed by atoms with Crippen LogP contribution in [0.3, 0.4) is 0 Å². The highest BCUT2D eigenvalue weighted by atomic mass is 19.1. The Morgan fingerprint density at radius 2 is 2.05 bits per heavy atom. The molecule has 39 heavy (non-hydrogen) atoms. The van der Waals surface area contributed by atoms with E-state index in [9.17, 15) is 9.59 Å². The van der Waals surface area contributed by atoms with Gasteiger partial charge in [0.1, 0.15) is 17.5 Å². The molecule has 3 aliphatic rings. The van der Waals surface area contributed by atoms with Crippen LogP contribution >= 0.6 is 0 Å². The number of fused-ring (bicyclic) bond motifs is 1. The van der Waals surface area contributed by atoms with E-state index in [1.54, 1.807) is 57.4 Å². The van der Waals surface area contributed by atoms with Crippen molar-refractivity contribution in [3.63, 3.8) is 0 Å². The summed E-state index contributed by atoms with van der Waals surface area (Å²) in [4.78, 5) is 31.4. The summed E-state index contributed by atoms with van der Waals surface area (Å²) in [6.45, 7) is 6.58. The second kappa shape index (κ2) is 9.30. The molecule has 1 aromatic carbocycles. The van der Waals surface area contributed by atoms with E-state index in [4.69, 9.17) is 14.2 Å². The van der Waals surface area contributed by atoms with Crippen molar-refractivity contribution in [1.29, 1.82) is 0 Å².